The monoisotopic (exact) mass is 232 g/mol. The van der Waals surface area contributed by atoms with Crippen molar-refractivity contribution in [2.75, 3.05) is 6.61 Å². The Morgan fingerprint density at radius 1 is 1.41 bits per heavy atom. The predicted octanol–water partition coefficient (Wildman–Crippen LogP) is 1.03. The van der Waals surface area contributed by atoms with Gasteiger partial charge in [0.25, 0.3) is 5.91 Å². The van der Waals surface area contributed by atoms with Crippen molar-refractivity contribution in [1.29, 1.82) is 0 Å². The van der Waals surface area contributed by atoms with E-state index in [-0.39, 0.29) is 11.4 Å². The number of fused-ring (bicyclic) bond motifs is 1. The molecule has 0 spiro atoms. The maximum Gasteiger partial charge on any atom is 0.258 e. The highest BCUT2D eigenvalue weighted by molar-refractivity contribution is 5.98. The second kappa shape index (κ2) is 4.29. The lowest BCUT2D eigenvalue weighted by Crippen LogP contribution is -2.24. The maximum absolute atomic E-state index is 12.1. The zero-order valence-corrected chi connectivity index (χ0v) is 9.32. The Labute approximate surface area is 97.2 Å². The standard InChI is InChI=1S/C12H12N2O3/c1-2-17-12-9(11(13)16)10(15)7-5-3-4-6-8(7)14-12/h3-6H,2H2,1H3,(H2,13,16)(H,14,15). The van der Waals surface area contributed by atoms with Gasteiger partial charge in [0.15, 0.2) is 0 Å². The summed E-state index contributed by atoms with van der Waals surface area (Å²) in [6, 6.07) is 6.89. The molecule has 0 saturated heterocycles. The van der Waals surface area contributed by atoms with Gasteiger partial charge in [-0.1, -0.05) is 12.1 Å². The van der Waals surface area contributed by atoms with Gasteiger partial charge in [0.05, 0.1) is 12.1 Å². The number of hydrogen-bond donors (Lipinski definition) is 2. The van der Waals surface area contributed by atoms with Crippen molar-refractivity contribution in [3.8, 4) is 5.88 Å². The van der Waals surface area contributed by atoms with Gasteiger partial charge in [-0.05, 0) is 19.1 Å². The Balaban J connectivity index is 2.84. The summed E-state index contributed by atoms with van der Waals surface area (Å²) in [5.74, 6) is -0.663. The van der Waals surface area contributed by atoms with Crippen LogP contribution in [-0.4, -0.2) is 17.5 Å². The topological polar surface area (TPSA) is 85.2 Å². The van der Waals surface area contributed by atoms with Crippen molar-refractivity contribution in [2.45, 2.75) is 6.92 Å². The minimum Gasteiger partial charge on any atom is -0.479 e. The van der Waals surface area contributed by atoms with Crippen LogP contribution in [0.25, 0.3) is 10.9 Å². The van der Waals surface area contributed by atoms with Crippen molar-refractivity contribution < 1.29 is 9.53 Å². The van der Waals surface area contributed by atoms with Crippen LogP contribution in [-0.2, 0) is 0 Å². The van der Waals surface area contributed by atoms with Gasteiger partial charge in [-0.25, -0.2) is 0 Å². The van der Waals surface area contributed by atoms with Crippen LogP contribution in [0.2, 0.25) is 0 Å². The molecule has 0 unspecified atom stereocenters. The first kappa shape index (κ1) is 11.2. The molecule has 0 saturated carbocycles. The summed E-state index contributed by atoms with van der Waals surface area (Å²) in [7, 11) is 0. The molecule has 0 bridgehead atoms. The second-order valence-corrected chi connectivity index (χ2v) is 3.50. The Morgan fingerprint density at radius 3 is 2.76 bits per heavy atom. The normalized spacial score (nSPS) is 10.4. The fourth-order valence-corrected chi connectivity index (χ4v) is 1.69. The van der Waals surface area contributed by atoms with Crippen LogP contribution >= 0.6 is 0 Å². The van der Waals surface area contributed by atoms with Crippen LogP contribution in [0.4, 0.5) is 0 Å². The van der Waals surface area contributed by atoms with Gasteiger partial charge in [0.1, 0.15) is 5.56 Å². The molecule has 0 radical (unpaired) electrons. The highest BCUT2D eigenvalue weighted by atomic mass is 16.5. The number of carbonyl (C=O) groups is 1. The molecule has 5 heteroatoms. The Kier molecular flexibility index (Phi) is 2.82. The lowest BCUT2D eigenvalue weighted by atomic mass is 10.1. The summed E-state index contributed by atoms with van der Waals surface area (Å²) in [5, 5.41) is 0.421. The number of rotatable bonds is 3. The number of H-pyrrole nitrogens is 1. The number of primary amides is 1. The SMILES string of the molecule is CCOc1[nH]c2ccccc2c(=O)c1C(N)=O. The Hall–Kier alpha value is -2.30. The van der Waals surface area contributed by atoms with Crippen molar-refractivity contribution in [1.82, 2.24) is 4.98 Å². The molecule has 17 heavy (non-hydrogen) atoms. The molecule has 5 nitrogen and oxygen atoms in total. The van der Waals surface area contributed by atoms with Crippen LogP contribution in [0.5, 0.6) is 5.88 Å². The molecule has 0 aliphatic rings. The fourth-order valence-electron chi connectivity index (χ4n) is 1.69. The number of hydrogen-bond acceptors (Lipinski definition) is 3. The molecule has 0 fully saturated rings. The minimum atomic E-state index is -0.791. The lowest BCUT2D eigenvalue weighted by Gasteiger charge is -2.08. The zero-order chi connectivity index (χ0) is 12.4. The first-order valence-electron chi connectivity index (χ1n) is 5.22. The van der Waals surface area contributed by atoms with Crippen molar-refractivity contribution >= 4 is 16.8 Å². The quantitative estimate of drug-likeness (QED) is 0.828. The van der Waals surface area contributed by atoms with Gasteiger partial charge in [-0.15, -0.1) is 0 Å². The third-order valence-corrected chi connectivity index (χ3v) is 2.41. The van der Waals surface area contributed by atoms with Gasteiger partial charge >= 0.3 is 0 Å². The van der Waals surface area contributed by atoms with Gasteiger partial charge < -0.3 is 15.5 Å². The van der Waals surface area contributed by atoms with Crippen molar-refractivity contribution in [3.05, 3.63) is 40.1 Å². The van der Waals surface area contributed by atoms with Gasteiger partial charge in [-0.2, -0.15) is 0 Å². The number of nitrogens with one attached hydrogen (secondary N) is 1. The molecule has 2 rings (SSSR count). The summed E-state index contributed by atoms with van der Waals surface area (Å²) >= 11 is 0. The number of carbonyl (C=O) groups excluding carboxylic acids is 1. The minimum absolute atomic E-state index is 0.128. The number of ether oxygens (including phenoxy) is 1. The average molecular weight is 232 g/mol. The van der Waals surface area contributed by atoms with E-state index in [2.05, 4.69) is 4.98 Å². The number of benzene rings is 1. The Morgan fingerprint density at radius 2 is 2.12 bits per heavy atom. The third kappa shape index (κ3) is 1.87. The summed E-state index contributed by atoms with van der Waals surface area (Å²) in [4.78, 5) is 26.2. The highest BCUT2D eigenvalue weighted by Crippen LogP contribution is 2.16. The molecule has 0 aliphatic carbocycles. The molecule has 1 heterocycles. The molecule has 1 aromatic carbocycles. The van der Waals surface area contributed by atoms with E-state index in [4.69, 9.17) is 10.5 Å². The summed E-state index contributed by atoms with van der Waals surface area (Å²) in [6.45, 7) is 2.10. The molecule has 3 N–H and O–H groups in total. The summed E-state index contributed by atoms with van der Waals surface area (Å²) in [5.41, 5.74) is 5.27. The predicted molar refractivity (Wildman–Crippen MR) is 64.3 cm³/mol. The summed E-state index contributed by atoms with van der Waals surface area (Å²) < 4.78 is 5.23. The van der Waals surface area contributed by atoms with Crippen LogP contribution < -0.4 is 15.9 Å². The van der Waals surface area contributed by atoms with E-state index in [9.17, 15) is 9.59 Å². The molecular weight excluding hydrogens is 220 g/mol. The van der Waals surface area contributed by atoms with E-state index < -0.39 is 11.3 Å². The van der Waals surface area contributed by atoms with Crippen LogP contribution in [0, 0.1) is 0 Å². The van der Waals surface area contributed by atoms with E-state index in [0.717, 1.165) is 0 Å². The molecule has 0 aliphatic heterocycles. The number of aromatic nitrogens is 1. The molecular formula is C12H12N2O3. The third-order valence-electron chi connectivity index (χ3n) is 2.41. The fraction of sp³-hybridized carbons (Fsp3) is 0.167. The molecule has 0 atom stereocenters. The zero-order valence-electron chi connectivity index (χ0n) is 9.32. The molecule has 1 amide bonds. The number of para-hydroxylation sites is 1. The number of aromatic amines is 1. The van der Waals surface area contributed by atoms with Crippen molar-refractivity contribution in [2.24, 2.45) is 5.73 Å². The lowest BCUT2D eigenvalue weighted by molar-refractivity contribution is 0.0995. The molecule has 88 valence electrons. The van der Waals surface area contributed by atoms with Gasteiger partial charge in [0, 0.05) is 5.39 Å². The van der Waals surface area contributed by atoms with Crippen LogP contribution in [0.3, 0.4) is 0 Å². The number of pyridine rings is 1. The van der Waals surface area contributed by atoms with Crippen LogP contribution in [0.15, 0.2) is 29.1 Å². The molecule has 2 aromatic rings. The number of amides is 1. The van der Waals surface area contributed by atoms with Crippen molar-refractivity contribution in [3.63, 3.8) is 0 Å². The van der Waals surface area contributed by atoms with Gasteiger partial charge in [-0.3, -0.25) is 9.59 Å². The second-order valence-electron chi connectivity index (χ2n) is 3.50. The van der Waals surface area contributed by atoms with E-state index in [1.165, 1.54) is 0 Å². The first-order chi connectivity index (χ1) is 8.15. The average Bonchev–Trinajstić information content (AvgIpc) is 2.29. The summed E-state index contributed by atoms with van der Waals surface area (Å²) in [6.07, 6.45) is 0. The number of nitrogens with two attached hydrogens (primary N) is 1. The highest BCUT2D eigenvalue weighted by Gasteiger charge is 2.17. The largest absolute Gasteiger partial charge is 0.479 e. The maximum atomic E-state index is 12.1. The Bertz CT molecular complexity index is 631. The van der Waals surface area contributed by atoms with E-state index in [1.807, 2.05) is 0 Å². The van der Waals surface area contributed by atoms with E-state index in [1.54, 1.807) is 31.2 Å². The first-order valence-corrected chi connectivity index (χ1v) is 5.22. The van der Waals surface area contributed by atoms with Crippen LogP contribution in [0.1, 0.15) is 17.3 Å². The van der Waals surface area contributed by atoms with E-state index >= 15 is 0 Å². The van der Waals surface area contributed by atoms with E-state index in [0.29, 0.717) is 17.5 Å². The van der Waals surface area contributed by atoms with Gasteiger partial charge in [0.2, 0.25) is 11.3 Å². The molecule has 1 aromatic heterocycles. The smallest absolute Gasteiger partial charge is 0.258 e.